The number of ether oxygens (including phenoxy) is 5. The first-order valence-corrected chi connectivity index (χ1v) is 30.6. The van der Waals surface area contributed by atoms with Gasteiger partial charge in [0.15, 0.2) is 0 Å². The van der Waals surface area contributed by atoms with E-state index in [2.05, 4.69) is 68.5 Å². The minimum absolute atomic E-state index is 0.000710. The third-order valence-corrected chi connectivity index (χ3v) is 32.7. The van der Waals surface area contributed by atoms with Gasteiger partial charge in [-0.25, -0.2) is 0 Å². The predicted octanol–water partition coefficient (Wildman–Crippen LogP) is 9.44. The van der Waals surface area contributed by atoms with Gasteiger partial charge in [-0.1, -0.05) is 0 Å². The first-order chi connectivity index (χ1) is 22.6. The van der Waals surface area contributed by atoms with E-state index in [0.29, 0.717) is 13.2 Å². The zero-order chi connectivity index (χ0) is 35.8. The number of carboxylic acids is 1. The Balaban J connectivity index is 1.97. The molecule has 48 heavy (non-hydrogen) atoms. The second-order valence-corrected chi connectivity index (χ2v) is 35.9. The van der Waals surface area contributed by atoms with Crippen molar-refractivity contribution in [2.45, 2.75) is 198 Å². The number of fused-ring (bicyclic) bond motifs is 1. The van der Waals surface area contributed by atoms with Crippen LogP contribution in [-0.4, -0.2) is 101 Å². The zero-order valence-electron chi connectivity index (χ0n) is 32.7. The number of methoxy groups -OCH3 is 1. The van der Waals surface area contributed by atoms with E-state index in [4.69, 9.17) is 28.1 Å². The van der Waals surface area contributed by atoms with Crippen LogP contribution in [0.3, 0.4) is 0 Å². The summed E-state index contributed by atoms with van der Waals surface area (Å²) in [6, 6.07) is 0. The van der Waals surface area contributed by atoms with Crippen LogP contribution in [0, 0.1) is 11.8 Å². The number of aliphatic carboxylic acids is 1. The molecule has 0 amide bonds. The fraction of sp³-hybridized carbons (Fsp3) is 0.974. The molecule has 1 spiro atoms. The van der Waals surface area contributed by atoms with E-state index < -0.39 is 50.7 Å². The molecular formula is C38H74O8SiSn. The quantitative estimate of drug-likeness (QED) is 0.129. The number of rotatable bonds is 19. The summed E-state index contributed by atoms with van der Waals surface area (Å²) in [7, 11) is -0.438. The summed E-state index contributed by atoms with van der Waals surface area (Å²) >= 11 is -2.53. The number of hydrogen-bond donors (Lipinski definition) is 1. The Morgan fingerprint density at radius 1 is 1.02 bits per heavy atom. The molecule has 0 radical (unpaired) electrons. The summed E-state index contributed by atoms with van der Waals surface area (Å²) in [4.78, 5) is 12.4. The number of hydrogen-bond acceptors (Lipinski definition) is 7. The number of unbranched alkanes of at least 4 members (excludes halogenated alkanes) is 3. The molecule has 3 heterocycles. The van der Waals surface area contributed by atoms with Crippen molar-refractivity contribution in [2.24, 2.45) is 11.8 Å². The van der Waals surface area contributed by atoms with E-state index in [1.54, 1.807) is 0 Å². The Morgan fingerprint density at radius 3 is 2.10 bits per heavy atom. The molecular weight excluding hydrogens is 731 g/mol. The Hall–Kier alpha value is 0.246. The molecule has 3 rings (SSSR count). The second kappa shape index (κ2) is 18.8. The van der Waals surface area contributed by atoms with Crippen LogP contribution in [0.5, 0.6) is 0 Å². The molecule has 8 nitrogen and oxygen atoms in total. The molecule has 1 unspecified atom stereocenters. The molecule has 282 valence electrons. The van der Waals surface area contributed by atoms with Crippen molar-refractivity contribution in [3.63, 3.8) is 0 Å². The number of carbonyl (C=O) groups is 1. The van der Waals surface area contributed by atoms with Crippen molar-refractivity contribution in [3.8, 4) is 0 Å². The monoisotopic (exact) mass is 806 g/mol. The average Bonchev–Trinajstić information content (AvgIpc) is 3.47. The van der Waals surface area contributed by atoms with Crippen molar-refractivity contribution >= 4 is 32.7 Å². The van der Waals surface area contributed by atoms with Crippen LogP contribution in [0.4, 0.5) is 0 Å². The predicted molar refractivity (Wildman–Crippen MR) is 199 cm³/mol. The van der Waals surface area contributed by atoms with Gasteiger partial charge in [0.1, 0.15) is 0 Å². The van der Waals surface area contributed by atoms with Gasteiger partial charge in [-0.3, -0.25) is 0 Å². The Morgan fingerprint density at radius 2 is 1.62 bits per heavy atom. The summed E-state index contributed by atoms with van der Waals surface area (Å²) in [5.41, 5.74) is 0. The van der Waals surface area contributed by atoms with E-state index in [-0.39, 0.29) is 47.7 Å². The summed E-state index contributed by atoms with van der Waals surface area (Å²) in [6.07, 6.45) is 8.04. The fourth-order valence-electron chi connectivity index (χ4n) is 8.28. The van der Waals surface area contributed by atoms with Gasteiger partial charge in [-0.05, 0) is 0 Å². The van der Waals surface area contributed by atoms with Gasteiger partial charge < -0.3 is 0 Å². The summed E-state index contributed by atoms with van der Waals surface area (Å²) in [6.45, 7) is 23.8. The van der Waals surface area contributed by atoms with Gasteiger partial charge in [-0.15, -0.1) is 0 Å². The molecule has 3 aliphatic rings. The van der Waals surface area contributed by atoms with Crippen LogP contribution >= 0.6 is 0 Å². The number of carboxylic acid groups (broad SMARTS) is 1. The van der Waals surface area contributed by atoms with Crippen molar-refractivity contribution in [1.82, 2.24) is 0 Å². The van der Waals surface area contributed by atoms with Crippen LogP contribution in [0.25, 0.3) is 0 Å². The van der Waals surface area contributed by atoms with Crippen LogP contribution in [-0.2, 0) is 32.9 Å². The van der Waals surface area contributed by atoms with Gasteiger partial charge in [0.25, 0.3) is 0 Å². The normalized spacial score (nSPS) is 32.3. The van der Waals surface area contributed by atoms with Gasteiger partial charge in [-0.2, -0.15) is 0 Å². The van der Waals surface area contributed by atoms with Crippen molar-refractivity contribution in [2.75, 3.05) is 20.3 Å². The topological polar surface area (TPSA) is 92.7 Å². The average molecular weight is 806 g/mol. The molecule has 10 heteroatoms. The zero-order valence-corrected chi connectivity index (χ0v) is 36.6. The van der Waals surface area contributed by atoms with Gasteiger partial charge in [0.05, 0.1) is 0 Å². The fourth-order valence-corrected chi connectivity index (χ4v) is 26.6. The molecule has 1 N–H and O–H groups in total. The van der Waals surface area contributed by atoms with Gasteiger partial charge in [0.2, 0.25) is 0 Å². The van der Waals surface area contributed by atoms with E-state index in [1.165, 1.54) is 51.8 Å². The second-order valence-electron chi connectivity index (χ2n) is 17.2. The molecule has 3 saturated heterocycles. The molecule has 0 bridgehead atoms. The van der Waals surface area contributed by atoms with Crippen molar-refractivity contribution < 1.29 is 38.0 Å². The maximum atomic E-state index is 12.4. The third-order valence-electron chi connectivity index (χ3n) is 12.4. The van der Waals surface area contributed by atoms with E-state index in [9.17, 15) is 9.90 Å². The molecule has 0 aromatic rings. The van der Waals surface area contributed by atoms with Crippen LogP contribution in [0.2, 0.25) is 35.9 Å². The minimum atomic E-state index is -2.53. The third kappa shape index (κ3) is 10.9. The molecule has 3 aliphatic heterocycles. The SMILES string of the molecule is CCC[CH2][Sn]([CH2]CCC)([CH2]CCC)[CH2]C(CO[C@@H]1[C@@H](C)[C@H](O[Si](C)(C)C(C)(C)C)[C@@H]2O[C@]3(CCCO3)[C@@H](C)C[C@H]2O[C@H]1CC(=O)O)OC. The van der Waals surface area contributed by atoms with E-state index in [1.807, 2.05) is 7.11 Å². The molecule has 9 atom stereocenters. The first-order valence-electron chi connectivity index (χ1n) is 19.6. The summed E-state index contributed by atoms with van der Waals surface area (Å²) < 4.78 is 46.2. The van der Waals surface area contributed by atoms with Crippen molar-refractivity contribution in [1.29, 1.82) is 0 Å². The Bertz CT molecular complexity index is 945. The standard InChI is InChI=1S/C26H47O8Si.3C4H9.Sn/c1-16-13-19-24(33-26(16)11-10-12-31-26)23(34-35(8,9)25(4,5)6)18(3)22(30-15-17(2)29-7)20(32-19)14-21(27)28;3*1-3-4-2;/h16-20,22-24H,2,10-15H2,1,3-9H3,(H,27,28);3*1,3-4H2,2H3;/t16-,17?,18+,19+,20-,22+,23-,24+,26+;;;;/m0..../s1. The van der Waals surface area contributed by atoms with Gasteiger partial charge >= 0.3 is 301 Å². The van der Waals surface area contributed by atoms with E-state index in [0.717, 1.165) is 23.7 Å². The van der Waals surface area contributed by atoms with Crippen molar-refractivity contribution in [3.05, 3.63) is 0 Å². The summed E-state index contributed by atoms with van der Waals surface area (Å²) in [5.74, 6) is -1.55. The van der Waals surface area contributed by atoms with Gasteiger partial charge in [0, 0.05) is 0 Å². The van der Waals surface area contributed by atoms with Crippen LogP contribution < -0.4 is 0 Å². The molecule has 0 aromatic carbocycles. The van der Waals surface area contributed by atoms with E-state index >= 15 is 0 Å². The molecule has 0 saturated carbocycles. The van der Waals surface area contributed by atoms with Crippen LogP contribution in [0.1, 0.15) is 120 Å². The maximum absolute atomic E-state index is 12.4. The molecule has 3 fully saturated rings. The summed E-state index contributed by atoms with van der Waals surface area (Å²) in [5, 5.41) is 10.1. The Labute approximate surface area is 299 Å². The molecule has 0 aliphatic carbocycles. The first kappa shape index (κ1) is 42.7. The van der Waals surface area contributed by atoms with Crippen LogP contribution in [0.15, 0.2) is 0 Å². The molecule has 0 aromatic heterocycles. The Kier molecular flexibility index (Phi) is 16.7.